The van der Waals surface area contributed by atoms with Gasteiger partial charge in [-0.25, -0.2) is 0 Å². The van der Waals surface area contributed by atoms with Gasteiger partial charge in [0.25, 0.3) is 0 Å². The maximum absolute atomic E-state index is 6.83. The fourth-order valence-electron chi connectivity index (χ4n) is 8.70. The molecule has 0 spiro atoms. The predicted molar refractivity (Wildman–Crippen MR) is 204 cm³/mol. The number of aryl methyl sites for hydroxylation is 1. The van der Waals surface area contributed by atoms with Crippen molar-refractivity contribution in [3.8, 4) is 11.1 Å². The number of ether oxygens (including phenoxy) is 1. The average Bonchev–Trinajstić information content (AvgIpc) is 3.78. The number of nitrogens with zero attached hydrogens (tertiary/aromatic N) is 1. The van der Waals surface area contributed by atoms with Crippen LogP contribution in [0.3, 0.4) is 0 Å². The Morgan fingerprint density at radius 2 is 1.51 bits per heavy atom. The summed E-state index contributed by atoms with van der Waals surface area (Å²) in [6.45, 7) is 0. The fraction of sp³-hybridized carbons (Fsp3) is 0.200. The van der Waals surface area contributed by atoms with Crippen molar-refractivity contribution < 1.29 is 4.74 Å². The first-order valence-electron chi connectivity index (χ1n) is 17.7. The van der Waals surface area contributed by atoms with E-state index in [1.807, 2.05) is 11.3 Å². The van der Waals surface area contributed by atoms with E-state index in [1.54, 1.807) is 0 Å². The molecule has 4 heteroatoms. The maximum atomic E-state index is 6.83. The third kappa shape index (κ3) is 5.05. The summed E-state index contributed by atoms with van der Waals surface area (Å²) in [5, 5.41) is 9.25. The molecule has 1 aliphatic heterocycles. The molecule has 10 rings (SSSR count). The molecule has 1 fully saturated rings. The highest BCUT2D eigenvalue weighted by molar-refractivity contribution is 7.17. The molecule has 2 heterocycles. The second-order valence-corrected chi connectivity index (χ2v) is 14.9. The number of benzene rings is 5. The highest BCUT2D eigenvalue weighted by atomic mass is 32.1. The van der Waals surface area contributed by atoms with Crippen LogP contribution >= 0.6 is 11.3 Å². The Labute approximate surface area is 290 Å². The molecule has 5 aromatic carbocycles. The van der Waals surface area contributed by atoms with Gasteiger partial charge in [-0.2, -0.15) is 0 Å². The minimum atomic E-state index is -0.113. The van der Waals surface area contributed by atoms with Crippen LogP contribution in [0.5, 0.6) is 0 Å². The Bertz CT molecular complexity index is 2450. The summed E-state index contributed by atoms with van der Waals surface area (Å²) in [6.07, 6.45) is 12.5. The zero-order chi connectivity index (χ0) is 32.3. The van der Waals surface area contributed by atoms with Crippen LogP contribution in [0.15, 0.2) is 121 Å². The minimum Gasteiger partial charge on any atom is -0.473 e. The number of thiophene rings is 1. The number of fused-ring (bicyclic) bond motifs is 7. The van der Waals surface area contributed by atoms with Crippen molar-refractivity contribution in [2.75, 3.05) is 4.90 Å². The molecule has 49 heavy (non-hydrogen) atoms. The molecule has 3 nitrogen and oxygen atoms in total. The van der Waals surface area contributed by atoms with Crippen molar-refractivity contribution in [3.05, 3.63) is 158 Å². The summed E-state index contributed by atoms with van der Waals surface area (Å²) in [5.41, 5.74) is 7.96. The topological polar surface area (TPSA) is 24.5 Å². The largest absolute Gasteiger partial charge is 0.473 e. The zero-order valence-corrected chi connectivity index (χ0v) is 28.2. The van der Waals surface area contributed by atoms with Gasteiger partial charge in [0.1, 0.15) is 5.76 Å². The lowest BCUT2D eigenvalue weighted by Crippen LogP contribution is -2.49. The lowest BCUT2D eigenvalue weighted by Gasteiger charge is -2.42. The molecular formula is C45H38N2OS. The third-order valence-electron chi connectivity index (χ3n) is 11.1. The van der Waals surface area contributed by atoms with Crippen LogP contribution in [0.2, 0.25) is 0 Å². The second kappa shape index (κ2) is 11.9. The minimum absolute atomic E-state index is 0.113. The Kier molecular flexibility index (Phi) is 7.06. The van der Waals surface area contributed by atoms with Gasteiger partial charge in [0.05, 0.1) is 12.1 Å². The molecular weight excluding hydrogens is 617 g/mol. The SMILES string of the molecule is C1=c2ccc3c(c2=C2OC(c4ccccc4)NC2C1)CC(N(c1ccc(-c2ccccc2)cc1)C1C=c2c(sc4ccccc24)=CC1)CC3. The zero-order valence-electron chi connectivity index (χ0n) is 27.4. The summed E-state index contributed by atoms with van der Waals surface area (Å²) in [7, 11) is 0. The average molecular weight is 655 g/mol. The molecule has 1 saturated heterocycles. The van der Waals surface area contributed by atoms with Crippen LogP contribution in [-0.2, 0) is 17.6 Å². The van der Waals surface area contributed by atoms with Crippen molar-refractivity contribution >= 4 is 51.1 Å². The van der Waals surface area contributed by atoms with Crippen molar-refractivity contribution in [3.63, 3.8) is 0 Å². The molecule has 0 amide bonds. The molecule has 240 valence electrons. The summed E-state index contributed by atoms with van der Waals surface area (Å²) < 4.78 is 9.62. The van der Waals surface area contributed by atoms with Crippen LogP contribution in [-0.4, -0.2) is 18.1 Å². The van der Waals surface area contributed by atoms with E-state index in [9.17, 15) is 0 Å². The standard InChI is InChI=1S/C45H38N2OS/c1-3-9-29(10-4-1)30-17-21-34(22-18-30)47(36-24-26-42-39(28-36)37-13-7-8-14-41(37)49-42)35-23-19-31-15-16-32-20-25-40-44(43(32)38(31)27-35)48-45(46-40)33-11-5-2-6-12-33/h1-18,20-22,26,28,35-36,40,45-46H,19,23-25,27H2. The van der Waals surface area contributed by atoms with Gasteiger partial charge in [-0.15, -0.1) is 11.3 Å². The van der Waals surface area contributed by atoms with E-state index >= 15 is 0 Å². The van der Waals surface area contributed by atoms with E-state index < -0.39 is 0 Å². The van der Waals surface area contributed by atoms with Gasteiger partial charge in [-0.1, -0.05) is 121 Å². The van der Waals surface area contributed by atoms with Crippen LogP contribution in [0.1, 0.15) is 42.2 Å². The van der Waals surface area contributed by atoms with Gasteiger partial charge in [0, 0.05) is 37.1 Å². The Hall–Kier alpha value is -4.90. The summed E-state index contributed by atoms with van der Waals surface area (Å²) in [6, 6.07) is 45.1. The highest BCUT2D eigenvalue weighted by Crippen LogP contribution is 2.35. The van der Waals surface area contributed by atoms with Crippen molar-refractivity contribution in [1.29, 1.82) is 0 Å². The van der Waals surface area contributed by atoms with Crippen LogP contribution in [0.4, 0.5) is 5.69 Å². The van der Waals surface area contributed by atoms with Gasteiger partial charge in [-0.3, -0.25) is 5.32 Å². The van der Waals surface area contributed by atoms with Gasteiger partial charge in [0.2, 0.25) is 0 Å². The van der Waals surface area contributed by atoms with Crippen LogP contribution in [0.25, 0.3) is 45.2 Å². The van der Waals surface area contributed by atoms with Crippen molar-refractivity contribution in [1.82, 2.24) is 5.32 Å². The van der Waals surface area contributed by atoms with Gasteiger partial charge >= 0.3 is 0 Å². The van der Waals surface area contributed by atoms with Crippen LogP contribution < -0.4 is 30.4 Å². The van der Waals surface area contributed by atoms with Crippen molar-refractivity contribution in [2.24, 2.45) is 0 Å². The first kappa shape index (κ1) is 29.1. The highest BCUT2D eigenvalue weighted by Gasteiger charge is 2.36. The smallest absolute Gasteiger partial charge is 0.176 e. The second-order valence-electron chi connectivity index (χ2n) is 13.9. The molecule has 1 aromatic heterocycles. The first-order chi connectivity index (χ1) is 24.3. The molecule has 4 atom stereocenters. The lowest BCUT2D eigenvalue weighted by atomic mass is 9.83. The Balaban J connectivity index is 1.08. The Morgan fingerprint density at radius 1 is 0.735 bits per heavy atom. The number of anilines is 1. The van der Waals surface area contributed by atoms with Gasteiger partial charge in [-0.05, 0) is 83.0 Å². The van der Waals surface area contributed by atoms with Crippen molar-refractivity contribution in [2.45, 2.75) is 56.5 Å². The number of hydrogen-bond acceptors (Lipinski definition) is 4. The number of nitrogens with one attached hydrogen (secondary N) is 1. The molecule has 0 bridgehead atoms. The first-order valence-corrected chi connectivity index (χ1v) is 18.5. The maximum Gasteiger partial charge on any atom is 0.176 e. The fourth-order valence-corrected chi connectivity index (χ4v) is 9.84. The molecule has 6 aromatic rings. The van der Waals surface area contributed by atoms with Gasteiger partial charge in [0.15, 0.2) is 6.23 Å². The molecule has 0 saturated carbocycles. The summed E-state index contributed by atoms with van der Waals surface area (Å²) in [5.74, 6) is 1.13. The van der Waals surface area contributed by atoms with E-state index in [1.165, 1.54) is 63.8 Å². The predicted octanol–water partition coefficient (Wildman–Crippen LogP) is 6.95. The van der Waals surface area contributed by atoms with E-state index in [4.69, 9.17) is 4.74 Å². The van der Waals surface area contributed by atoms with E-state index in [0.717, 1.165) is 37.9 Å². The normalized spacial score (nSPS) is 22.0. The van der Waals surface area contributed by atoms with Gasteiger partial charge < -0.3 is 9.64 Å². The Morgan fingerprint density at radius 3 is 2.37 bits per heavy atom. The molecule has 1 N–H and O–H groups in total. The van der Waals surface area contributed by atoms with Crippen LogP contribution in [0, 0.1) is 0 Å². The van der Waals surface area contributed by atoms with E-state index in [-0.39, 0.29) is 18.3 Å². The quantitative estimate of drug-likeness (QED) is 0.218. The summed E-state index contributed by atoms with van der Waals surface area (Å²) >= 11 is 1.93. The molecule has 4 unspecified atom stereocenters. The third-order valence-corrected chi connectivity index (χ3v) is 12.2. The number of hydrogen-bond donors (Lipinski definition) is 1. The lowest BCUT2D eigenvalue weighted by molar-refractivity contribution is 0.182. The molecule has 4 aliphatic rings. The molecule has 0 radical (unpaired) electrons. The van der Waals surface area contributed by atoms with E-state index in [0.29, 0.717) is 6.04 Å². The summed E-state index contributed by atoms with van der Waals surface area (Å²) in [4.78, 5) is 2.76. The van der Waals surface area contributed by atoms with E-state index in [2.05, 4.69) is 150 Å². The monoisotopic (exact) mass is 654 g/mol. The molecule has 3 aliphatic carbocycles. The number of rotatable bonds is 5.